The fourth-order valence-electron chi connectivity index (χ4n) is 1.30. The largest absolute Gasteiger partial charge is 0.394 e. The van der Waals surface area contributed by atoms with Crippen LogP contribution in [0.4, 0.5) is 5.82 Å². The van der Waals surface area contributed by atoms with E-state index in [1.807, 2.05) is 6.92 Å². The van der Waals surface area contributed by atoms with Gasteiger partial charge in [-0.2, -0.15) is 0 Å². The molecule has 0 bridgehead atoms. The molecule has 0 aliphatic carbocycles. The minimum Gasteiger partial charge on any atom is -0.394 e. The Balaban J connectivity index is 2.90. The number of aliphatic hydroxyl groups excluding tert-OH is 2. The van der Waals surface area contributed by atoms with Crippen molar-refractivity contribution in [2.45, 2.75) is 32.2 Å². The normalized spacial score (nSPS) is 11.6. The van der Waals surface area contributed by atoms with Crippen molar-refractivity contribution in [3.8, 4) is 0 Å². The SMILES string of the molecule is CCCc1nc(Cl)cc(NC(C)(CO)CO)n1. The lowest BCUT2D eigenvalue weighted by Gasteiger charge is -2.26. The van der Waals surface area contributed by atoms with Crippen molar-refractivity contribution in [2.24, 2.45) is 0 Å². The number of anilines is 1. The Morgan fingerprint density at radius 1 is 1.35 bits per heavy atom. The highest BCUT2D eigenvalue weighted by Gasteiger charge is 2.22. The predicted molar refractivity (Wildman–Crippen MR) is 67.2 cm³/mol. The molecule has 1 rings (SSSR count). The smallest absolute Gasteiger partial charge is 0.134 e. The van der Waals surface area contributed by atoms with Gasteiger partial charge in [-0.25, -0.2) is 9.97 Å². The van der Waals surface area contributed by atoms with Crippen molar-refractivity contribution in [3.05, 3.63) is 17.0 Å². The predicted octanol–water partition coefficient (Wildman–Crippen LogP) is 1.24. The van der Waals surface area contributed by atoms with Crippen molar-refractivity contribution in [2.75, 3.05) is 18.5 Å². The third-order valence-electron chi connectivity index (χ3n) is 2.34. The molecule has 0 unspecified atom stereocenters. The molecule has 0 saturated carbocycles. The minimum atomic E-state index is -0.818. The molecular formula is C11H18ClN3O2. The molecule has 0 aliphatic heterocycles. The molecule has 0 atom stereocenters. The van der Waals surface area contributed by atoms with Gasteiger partial charge in [0.25, 0.3) is 0 Å². The average molecular weight is 260 g/mol. The molecule has 0 saturated heterocycles. The lowest BCUT2D eigenvalue weighted by atomic mass is 10.1. The van der Waals surface area contributed by atoms with Gasteiger partial charge in [0.05, 0.1) is 18.8 Å². The summed E-state index contributed by atoms with van der Waals surface area (Å²) < 4.78 is 0. The van der Waals surface area contributed by atoms with Gasteiger partial charge in [-0.15, -0.1) is 0 Å². The van der Waals surface area contributed by atoms with Crippen molar-refractivity contribution in [1.82, 2.24) is 9.97 Å². The zero-order chi connectivity index (χ0) is 12.9. The summed E-state index contributed by atoms with van der Waals surface area (Å²) in [5.74, 6) is 1.17. The summed E-state index contributed by atoms with van der Waals surface area (Å²) in [4.78, 5) is 8.37. The molecule has 0 radical (unpaired) electrons. The topological polar surface area (TPSA) is 78.3 Å². The van der Waals surface area contributed by atoms with Crippen molar-refractivity contribution in [3.63, 3.8) is 0 Å². The van der Waals surface area contributed by atoms with Gasteiger partial charge in [0.2, 0.25) is 0 Å². The maximum Gasteiger partial charge on any atom is 0.134 e. The van der Waals surface area contributed by atoms with E-state index >= 15 is 0 Å². The second-order valence-electron chi connectivity index (χ2n) is 4.24. The van der Waals surface area contributed by atoms with E-state index in [9.17, 15) is 10.2 Å². The molecule has 6 heteroatoms. The van der Waals surface area contributed by atoms with E-state index in [-0.39, 0.29) is 13.2 Å². The third-order valence-corrected chi connectivity index (χ3v) is 2.54. The van der Waals surface area contributed by atoms with Gasteiger partial charge >= 0.3 is 0 Å². The molecule has 1 aromatic heterocycles. The van der Waals surface area contributed by atoms with Crippen LogP contribution in [0, 0.1) is 0 Å². The first-order valence-electron chi connectivity index (χ1n) is 5.56. The van der Waals surface area contributed by atoms with Gasteiger partial charge in [0.1, 0.15) is 16.8 Å². The van der Waals surface area contributed by atoms with E-state index in [0.29, 0.717) is 16.8 Å². The van der Waals surface area contributed by atoms with Crippen LogP contribution in [0.15, 0.2) is 6.07 Å². The van der Waals surface area contributed by atoms with Crippen LogP contribution >= 0.6 is 11.6 Å². The van der Waals surface area contributed by atoms with Crippen molar-refractivity contribution < 1.29 is 10.2 Å². The number of rotatable bonds is 6. The average Bonchev–Trinajstić information content (AvgIpc) is 2.28. The molecule has 0 aromatic carbocycles. The van der Waals surface area contributed by atoms with E-state index in [4.69, 9.17) is 11.6 Å². The molecule has 1 heterocycles. The Morgan fingerprint density at radius 3 is 2.53 bits per heavy atom. The highest BCUT2D eigenvalue weighted by molar-refractivity contribution is 6.29. The number of hydrogen-bond acceptors (Lipinski definition) is 5. The fourth-order valence-corrected chi connectivity index (χ4v) is 1.50. The second-order valence-corrected chi connectivity index (χ2v) is 4.63. The summed E-state index contributed by atoms with van der Waals surface area (Å²) in [6.45, 7) is 3.33. The lowest BCUT2D eigenvalue weighted by molar-refractivity contribution is 0.147. The highest BCUT2D eigenvalue weighted by Crippen LogP contribution is 2.17. The lowest BCUT2D eigenvalue weighted by Crippen LogP contribution is -2.42. The first-order valence-corrected chi connectivity index (χ1v) is 5.94. The molecule has 96 valence electrons. The van der Waals surface area contributed by atoms with E-state index in [1.165, 1.54) is 0 Å². The van der Waals surface area contributed by atoms with Gasteiger partial charge in [0, 0.05) is 12.5 Å². The summed E-state index contributed by atoms with van der Waals surface area (Å²) in [6, 6.07) is 1.57. The first kappa shape index (κ1) is 14.2. The van der Waals surface area contributed by atoms with Crippen LogP contribution in [0.2, 0.25) is 5.15 Å². The monoisotopic (exact) mass is 259 g/mol. The van der Waals surface area contributed by atoms with Crippen LogP contribution in [0.5, 0.6) is 0 Å². The van der Waals surface area contributed by atoms with Crippen LogP contribution in [0.3, 0.4) is 0 Å². The zero-order valence-corrected chi connectivity index (χ0v) is 10.8. The summed E-state index contributed by atoms with van der Waals surface area (Å²) in [5, 5.41) is 21.7. The van der Waals surface area contributed by atoms with E-state index in [0.717, 1.165) is 12.8 Å². The van der Waals surface area contributed by atoms with Crippen LogP contribution in [-0.4, -0.2) is 38.9 Å². The van der Waals surface area contributed by atoms with Crippen LogP contribution < -0.4 is 5.32 Å². The molecule has 0 fully saturated rings. The van der Waals surface area contributed by atoms with Crippen LogP contribution in [-0.2, 0) is 6.42 Å². The summed E-state index contributed by atoms with van der Waals surface area (Å²) >= 11 is 5.88. The molecule has 1 aromatic rings. The zero-order valence-electron chi connectivity index (χ0n) is 10.1. The van der Waals surface area contributed by atoms with Crippen molar-refractivity contribution >= 4 is 17.4 Å². The van der Waals surface area contributed by atoms with E-state index < -0.39 is 5.54 Å². The number of aliphatic hydroxyl groups is 2. The quantitative estimate of drug-likeness (QED) is 0.670. The Kier molecular flexibility index (Phi) is 5.11. The van der Waals surface area contributed by atoms with Gasteiger partial charge in [-0.05, 0) is 13.3 Å². The Labute approximate surface area is 106 Å². The van der Waals surface area contributed by atoms with E-state index in [1.54, 1.807) is 13.0 Å². The number of nitrogens with zero attached hydrogens (tertiary/aromatic N) is 2. The molecule has 0 spiro atoms. The summed E-state index contributed by atoms with van der Waals surface area (Å²) in [6.07, 6.45) is 1.67. The second kappa shape index (κ2) is 6.14. The van der Waals surface area contributed by atoms with Gasteiger partial charge < -0.3 is 15.5 Å². The Bertz CT molecular complexity index is 370. The molecule has 0 amide bonds. The summed E-state index contributed by atoms with van der Waals surface area (Å²) in [5.41, 5.74) is -0.818. The minimum absolute atomic E-state index is 0.200. The number of nitrogens with one attached hydrogen (secondary N) is 1. The number of aromatic nitrogens is 2. The van der Waals surface area contributed by atoms with Crippen molar-refractivity contribution in [1.29, 1.82) is 0 Å². The maximum atomic E-state index is 9.19. The van der Waals surface area contributed by atoms with Gasteiger partial charge in [-0.3, -0.25) is 0 Å². The summed E-state index contributed by atoms with van der Waals surface area (Å²) in [7, 11) is 0. The molecular weight excluding hydrogens is 242 g/mol. The molecule has 3 N–H and O–H groups in total. The maximum absolute atomic E-state index is 9.19. The van der Waals surface area contributed by atoms with Crippen LogP contribution in [0.1, 0.15) is 26.1 Å². The fraction of sp³-hybridized carbons (Fsp3) is 0.636. The number of halogens is 1. The molecule has 0 aliphatic rings. The standard InChI is InChI=1S/C11H18ClN3O2/c1-3-4-9-13-8(12)5-10(14-9)15-11(2,6-16)7-17/h5,16-17H,3-4,6-7H2,1-2H3,(H,13,14,15). The molecule has 17 heavy (non-hydrogen) atoms. The Morgan fingerprint density at radius 2 is 2.00 bits per heavy atom. The number of aryl methyl sites for hydroxylation is 1. The highest BCUT2D eigenvalue weighted by atomic mass is 35.5. The Hall–Kier alpha value is -0.910. The third kappa shape index (κ3) is 4.11. The first-order chi connectivity index (χ1) is 8.03. The van der Waals surface area contributed by atoms with Gasteiger partial charge in [-0.1, -0.05) is 18.5 Å². The van der Waals surface area contributed by atoms with E-state index in [2.05, 4.69) is 15.3 Å². The molecule has 5 nitrogen and oxygen atoms in total. The number of hydrogen-bond donors (Lipinski definition) is 3. The van der Waals surface area contributed by atoms with Crippen LogP contribution in [0.25, 0.3) is 0 Å². The van der Waals surface area contributed by atoms with Gasteiger partial charge in [0.15, 0.2) is 0 Å².